The van der Waals surface area contributed by atoms with Gasteiger partial charge in [-0.15, -0.1) is 0 Å². The number of hydrogen-bond acceptors (Lipinski definition) is 5. The predicted octanol–water partition coefficient (Wildman–Crippen LogP) is -1.04. The average Bonchev–Trinajstić information content (AvgIpc) is 2.20. The van der Waals surface area contributed by atoms with Crippen LogP contribution in [0.15, 0.2) is 0 Å². The van der Waals surface area contributed by atoms with Gasteiger partial charge in [-0.1, -0.05) is 6.92 Å². The molecule has 0 spiro atoms. The Morgan fingerprint density at radius 3 is 2.08 bits per heavy atom. The van der Waals surface area contributed by atoms with Crippen LogP contribution >= 0.6 is 0 Å². The third-order valence-electron chi connectivity index (χ3n) is 1.80. The van der Waals surface area contributed by atoms with Gasteiger partial charge in [0.15, 0.2) is 0 Å². The largest absolute Gasteiger partial charge is 0.396 e. The molecular formula is C8H18O5. The standard InChI is InChI=1S/C8H18O5/c1-7(3-9)4-13-8(5-10,6-11)12-2/h7,9-11H,3-6H2,1-2H3/t7-/m1/s1. The molecule has 0 unspecified atom stereocenters. The van der Waals surface area contributed by atoms with Crippen LogP contribution in [0.3, 0.4) is 0 Å². The second kappa shape index (κ2) is 6.28. The van der Waals surface area contributed by atoms with Crippen molar-refractivity contribution in [1.82, 2.24) is 0 Å². The number of methoxy groups -OCH3 is 1. The Kier molecular flexibility index (Phi) is 6.19. The number of hydrogen-bond donors (Lipinski definition) is 3. The van der Waals surface area contributed by atoms with E-state index in [4.69, 9.17) is 24.8 Å². The van der Waals surface area contributed by atoms with E-state index in [0.29, 0.717) is 0 Å². The molecule has 0 aromatic heterocycles. The predicted molar refractivity (Wildman–Crippen MR) is 46.1 cm³/mol. The molecule has 0 aliphatic carbocycles. The first-order valence-corrected chi connectivity index (χ1v) is 4.15. The molecule has 5 nitrogen and oxygen atoms in total. The van der Waals surface area contributed by atoms with Gasteiger partial charge in [-0.25, -0.2) is 0 Å². The van der Waals surface area contributed by atoms with Crippen LogP contribution < -0.4 is 0 Å². The summed E-state index contributed by atoms with van der Waals surface area (Å²) in [6.45, 7) is 1.17. The summed E-state index contributed by atoms with van der Waals surface area (Å²) < 4.78 is 9.97. The topological polar surface area (TPSA) is 79.2 Å². The van der Waals surface area contributed by atoms with Crippen LogP contribution in [0.1, 0.15) is 6.92 Å². The highest BCUT2D eigenvalue weighted by Crippen LogP contribution is 2.12. The van der Waals surface area contributed by atoms with Crippen LogP contribution in [0, 0.1) is 5.92 Å². The normalized spacial score (nSPS) is 14.5. The molecule has 0 bridgehead atoms. The molecule has 5 heteroatoms. The molecule has 0 radical (unpaired) electrons. The van der Waals surface area contributed by atoms with E-state index in [1.54, 1.807) is 6.92 Å². The van der Waals surface area contributed by atoms with Crippen LogP contribution in [-0.4, -0.2) is 54.6 Å². The SMILES string of the molecule is COC(CO)(CO)OC[C@H](C)CO. The molecule has 0 fully saturated rings. The second-order valence-corrected chi connectivity index (χ2v) is 3.03. The maximum atomic E-state index is 8.89. The van der Waals surface area contributed by atoms with E-state index in [9.17, 15) is 0 Å². The van der Waals surface area contributed by atoms with Crippen LogP contribution in [0.5, 0.6) is 0 Å². The summed E-state index contributed by atoms with van der Waals surface area (Å²) in [5.41, 5.74) is 0. The number of rotatable bonds is 7. The first kappa shape index (κ1) is 12.8. The molecular weight excluding hydrogens is 176 g/mol. The molecule has 0 heterocycles. The van der Waals surface area contributed by atoms with Crippen LogP contribution in [-0.2, 0) is 9.47 Å². The molecule has 0 aliphatic heterocycles. The summed E-state index contributed by atoms with van der Waals surface area (Å²) in [5.74, 6) is -1.39. The lowest BCUT2D eigenvalue weighted by Gasteiger charge is -2.29. The van der Waals surface area contributed by atoms with Crippen molar-refractivity contribution in [2.75, 3.05) is 33.5 Å². The zero-order chi connectivity index (χ0) is 10.3. The first-order chi connectivity index (χ1) is 6.14. The zero-order valence-corrected chi connectivity index (χ0v) is 8.06. The fraction of sp³-hybridized carbons (Fsp3) is 1.00. The first-order valence-electron chi connectivity index (χ1n) is 4.15. The van der Waals surface area contributed by atoms with Gasteiger partial charge < -0.3 is 24.8 Å². The minimum absolute atomic E-state index is 0.00332. The third-order valence-corrected chi connectivity index (χ3v) is 1.80. The summed E-state index contributed by atoms with van der Waals surface area (Å²) in [5, 5.41) is 26.5. The molecule has 0 amide bonds. The van der Waals surface area contributed by atoms with Gasteiger partial charge in [0.2, 0.25) is 5.79 Å². The van der Waals surface area contributed by atoms with Crippen molar-refractivity contribution >= 4 is 0 Å². The van der Waals surface area contributed by atoms with E-state index in [0.717, 1.165) is 0 Å². The molecule has 0 aliphatic rings. The summed E-state index contributed by atoms with van der Waals surface area (Å²) >= 11 is 0. The lowest BCUT2D eigenvalue weighted by Crippen LogP contribution is -2.44. The second-order valence-electron chi connectivity index (χ2n) is 3.03. The Labute approximate surface area is 77.9 Å². The van der Waals surface area contributed by atoms with E-state index in [1.165, 1.54) is 7.11 Å². The monoisotopic (exact) mass is 194 g/mol. The van der Waals surface area contributed by atoms with Crippen LogP contribution in [0.4, 0.5) is 0 Å². The lowest BCUT2D eigenvalue weighted by molar-refractivity contribution is -0.263. The molecule has 80 valence electrons. The molecule has 13 heavy (non-hydrogen) atoms. The van der Waals surface area contributed by atoms with E-state index in [1.807, 2.05) is 0 Å². The van der Waals surface area contributed by atoms with Crippen molar-refractivity contribution < 1.29 is 24.8 Å². The molecule has 0 saturated carbocycles. The fourth-order valence-electron chi connectivity index (χ4n) is 0.676. The van der Waals surface area contributed by atoms with Gasteiger partial charge in [0.1, 0.15) is 0 Å². The number of ether oxygens (including phenoxy) is 2. The van der Waals surface area contributed by atoms with Crippen molar-refractivity contribution in [3.63, 3.8) is 0 Å². The highest BCUT2D eigenvalue weighted by Gasteiger charge is 2.29. The Bertz CT molecular complexity index is 115. The van der Waals surface area contributed by atoms with Crippen molar-refractivity contribution in [2.24, 2.45) is 5.92 Å². The third kappa shape index (κ3) is 4.02. The van der Waals surface area contributed by atoms with E-state index in [2.05, 4.69) is 0 Å². The maximum Gasteiger partial charge on any atom is 0.215 e. The van der Waals surface area contributed by atoms with Gasteiger partial charge in [0, 0.05) is 19.6 Å². The summed E-state index contributed by atoms with van der Waals surface area (Å²) in [6.07, 6.45) is 0. The van der Waals surface area contributed by atoms with Gasteiger partial charge in [-0.3, -0.25) is 0 Å². The lowest BCUT2D eigenvalue weighted by atomic mass is 10.2. The summed E-state index contributed by atoms with van der Waals surface area (Å²) in [4.78, 5) is 0. The van der Waals surface area contributed by atoms with E-state index < -0.39 is 19.0 Å². The minimum Gasteiger partial charge on any atom is -0.396 e. The van der Waals surface area contributed by atoms with Gasteiger partial charge in [0.05, 0.1) is 19.8 Å². The molecule has 0 aromatic rings. The van der Waals surface area contributed by atoms with Gasteiger partial charge >= 0.3 is 0 Å². The smallest absolute Gasteiger partial charge is 0.215 e. The van der Waals surface area contributed by atoms with Crippen molar-refractivity contribution in [3.05, 3.63) is 0 Å². The maximum absolute atomic E-state index is 8.89. The Balaban J connectivity index is 3.95. The van der Waals surface area contributed by atoms with Crippen molar-refractivity contribution in [3.8, 4) is 0 Å². The van der Waals surface area contributed by atoms with Gasteiger partial charge in [0.25, 0.3) is 0 Å². The van der Waals surface area contributed by atoms with Crippen molar-refractivity contribution in [1.29, 1.82) is 0 Å². The Morgan fingerprint density at radius 2 is 1.77 bits per heavy atom. The van der Waals surface area contributed by atoms with Crippen LogP contribution in [0.2, 0.25) is 0 Å². The summed E-state index contributed by atoms with van der Waals surface area (Å²) in [6, 6.07) is 0. The highest BCUT2D eigenvalue weighted by molar-refractivity contribution is 4.66. The molecule has 0 saturated heterocycles. The van der Waals surface area contributed by atoms with Gasteiger partial charge in [-0.05, 0) is 0 Å². The highest BCUT2D eigenvalue weighted by atomic mass is 16.7. The van der Waals surface area contributed by atoms with Crippen molar-refractivity contribution in [2.45, 2.75) is 12.7 Å². The van der Waals surface area contributed by atoms with E-state index >= 15 is 0 Å². The Hall–Kier alpha value is -0.200. The van der Waals surface area contributed by atoms with Crippen LogP contribution in [0.25, 0.3) is 0 Å². The molecule has 1 atom stereocenters. The van der Waals surface area contributed by atoms with Gasteiger partial charge in [-0.2, -0.15) is 0 Å². The molecule has 0 aromatic carbocycles. The average molecular weight is 194 g/mol. The quantitative estimate of drug-likeness (QED) is 0.451. The molecule has 0 rings (SSSR count). The number of aliphatic hydroxyl groups is 3. The fourth-order valence-corrected chi connectivity index (χ4v) is 0.676. The number of aliphatic hydroxyl groups excluding tert-OH is 3. The zero-order valence-electron chi connectivity index (χ0n) is 8.06. The Morgan fingerprint density at radius 1 is 1.23 bits per heavy atom. The minimum atomic E-state index is -1.34. The van der Waals surface area contributed by atoms with E-state index in [-0.39, 0.29) is 19.1 Å². The molecule has 3 N–H and O–H groups in total. The summed E-state index contributed by atoms with van der Waals surface area (Å²) in [7, 11) is 1.34.